The molecule has 0 saturated carbocycles. The van der Waals surface area contributed by atoms with E-state index in [4.69, 9.17) is 24.2 Å². The molecule has 2 aromatic carbocycles. The van der Waals surface area contributed by atoms with Gasteiger partial charge in [0, 0.05) is 17.2 Å². The first-order chi connectivity index (χ1) is 15.0. The summed E-state index contributed by atoms with van der Waals surface area (Å²) in [4.78, 5) is 10.2. The summed E-state index contributed by atoms with van der Waals surface area (Å²) in [5.41, 5.74) is 6.74. The van der Waals surface area contributed by atoms with Crippen LogP contribution in [-0.4, -0.2) is 31.3 Å². The lowest BCUT2D eigenvalue weighted by Crippen LogP contribution is -2.06. The highest BCUT2D eigenvalue weighted by Crippen LogP contribution is 2.38. The molecule has 0 radical (unpaired) electrons. The Hall–Kier alpha value is -3.08. The summed E-state index contributed by atoms with van der Waals surface area (Å²) < 4.78 is 16.7. The van der Waals surface area contributed by atoms with E-state index < -0.39 is 0 Å². The fraction of sp³-hybridized carbons (Fsp3) is 0.385. The Morgan fingerprint density at radius 1 is 0.710 bits per heavy atom. The van der Waals surface area contributed by atoms with Gasteiger partial charge in [0.15, 0.2) is 0 Å². The van der Waals surface area contributed by atoms with E-state index in [2.05, 4.69) is 39.8 Å². The number of hydrogen-bond donors (Lipinski definition) is 0. The van der Waals surface area contributed by atoms with Crippen LogP contribution in [0.15, 0.2) is 36.4 Å². The van der Waals surface area contributed by atoms with Crippen molar-refractivity contribution in [3.63, 3.8) is 0 Å². The van der Waals surface area contributed by atoms with Crippen molar-refractivity contribution in [1.82, 2.24) is 9.97 Å². The van der Waals surface area contributed by atoms with E-state index in [0.717, 1.165) is 64.0 Å². The predicted molar refractivity (Wildman–Crippen MR) is 125 cm³/mol. The van der Waals surface area contributed by atoms with E-state index in [1.807, 2.05) is 24.3 Å². The molecule has 164 valence electrons. The summed E-state index contributed by atoms with van der Waals surface area (Å²) in [6.07, 6.45) is 1.51. The molecule has 5 heteroatoms. The van der Waals surface area contributed by atoms with E-state index in [1.54, 1.807) is 21.3 Å². The van der Waals surface area contributed by atoms with Gasteiger partial charge in [-0.15, -0.1) is 0 Å². The second kappa shape index (κ2) is 9.82. The number of hydrogen-bond acceptors (Lipinski definition) is 5. The Bertz CT molecular complexity index is 1060. The SMILES string of the molecule is CCc1nc(-c2cc(C(C)C)ccc2OC)c(CC)nc1-c1ccc(OC)cc1OC. The molecule has 0 atom stereocenters. The van der Waals surface area contributed by atoms with Crippen LogP contribution in [-0.2, 0) is 12.8 Å². The summed E-state index contributed by atoms with van der Waals surface area (Å²) in [6, 6.07) is 12.1. The first kappa shape index (κ1) is 22.6. The summed E-state index contributed by atoms with van der Waals surface area (Å²) in [5.74, 6) is 2.69. The van der Waals surface area contributed by atoms with E-state index in [0.29, 0.717) is 5.92 Å². The Balaban J connectivity index is 2.25. The van der Waals surface area contributed by atoms with Crippen LogP contribution in [0.1, 0.15) is 50.6 Å². The van der Waals surface area contributed by atoms with E-state index >= 15 is 0 Å². The fourth-order valence-electron chi connectivity index (χ4n) is 3.69. The summed E-state index contributed by atoms with van der Waals surface area (Å²) in [6.45, 7) is 8.58. The standard InChI is InChI=1S/C26H32N2O3/c1-8-21-25(19-12-11-18(29-5)15-24(19)31-7)27-22(9-2)26(28-21)20-14-17(16(3)4)10-13-23(20)30-6/h10-16H,8-9H2,1-7H3. The third-order valence-electron chi connectivity index (χ3n) is 5.52. The molecule has 0 spiro atoms. The second-order valence-corrected chi connectivity index (χ2v) is 7.70. The van der Waals surface area contributed by atoms with Gasteiger partial charge < -0.3 is 14.2 Å². The monoisotopic (exact) mass is 420 g/mol. The maximum absolute atomic E-state index is 5.68. The van der Waals surface area contributed by atoms with Crippen LogP contribution >= 0.6 is 0 Å². The number of nitrogens with zero attached hydrogens (tertiary/aromatic N) is 2. The van der Waals surface area contributed by atoms with Crippen LogP contribution in [0.2, 0.25) is 0 Å². The van der Waals surface area contributed by atoms with E-state index in [9.17, 15) is 0 Å². The van der Waals surface area contributed by atoms with Crippen molar-refractivity contribution >= 4 is 0 Å². The minimum Gasteiger partial charge on any atom is -0.497 e. The highest BCUT2D eigenvalue weighted by Gasteiger charge is 2.20. The molecule has 0 amide bonds. The third-order valence-corrected chi connectivity index (χ3v) is 5.52. The number of ether oxygens (including phenoxy) is 3. The first-order valence-corrected chi connectivity index (χ1v) is 10.8. The smallest absolute Gasteiger partial charge is 0.132 e. The lowest BCUT2D eigenvalue weighted by molar-refractivity contribution is 0.395. The van der Waals surface area contributed by atoms with Crippen molar-refractivity contribution in [1.29, 1.82) is 0 Å². The lowest BCUT2D eigenvalue weighted by atomic mass is 9.97. The van der Waals surface area contributed by atoms with Crippen molar-refractivity contribution in [3.8, 4) is 39.8 Å². The Morgan fingerprint density at radius 3 is 1.84 bits per heavy atom. The van der Waals surface area contributed by atoms with Gasteiger partial charge >= 0.3 is 0 Å². The maximum atomic E-state index is 5.68. The van der Waals surface area contributed by atoms with Crippen molar-refractivity contribution in [2.24, 2.45) is 0 Å². The maximum Gasteiger partial charge on any atom is 0.132 e. The zero-order valence-electron chi connectivity index (χ0n) is 19.6. The van der Waals surface area contributed by atoms with Gasteiger partial charge in [0.05, 0.1) is 44.1 Å². The zero-order valence-corrected chi connectivity index (χ0v) is 19.6. The molecule has 0 fully saturated rings. The molecule has 0 aliphatic rings. The van der Waals surface area contributed by atoms with E-state index in [-0.39, 0.29) is 0 Å². The molecule has 0 N–H and O–H groups in total. The van der Waals surface area contributed by atoms with Crippen LogP contribution < -0.4 is 14.2 Å². The Labute approximate surface area is 185 Å². The molecule has 0 bridgehead atoms. The van der Waals surface area contributed by atoms with Gasteiger partial charge in [-0.25, -0.2) is 9.97 Å². The van der Waals surface area contributed by atoms with Gasteiger partial charge in [0.1, 0.15) is 17.2 Å². The summed E-state index contributed by atoms with van der Waals surface area (Å²) in [5, 5.41) is 0. The van der Waals surface area contributed by atoms with Gasteiger partial charge in [-0.05, 0) is 48.6 Å². The van der Waals surface area contributed by atoms with Crippen molar-refractivity contribution in [3.05, 3.63) is 53.3 Å². The molecule has 0 aliphatic heterocycles. The fourth-order valence-corrected chi connectivity index (χ4v) is 3.69. The highest BCUT2D eigenvalue weighted by atomic mass is 16.5. The highest BCUT2D eigenvalue weighted by molar-refractivity contribution is 5.75. The van der Waals surface area contributed by atoms with Crippen LogP contribution in [0.5, 0.6) is 17.2 Å². The average molecular weight is 421 g/mol. The molecule has 5 nitrogen and oxygen atoms in total. The summed E-state index contributed by atoms with van der Waals surface area (Å²) >= 11 is 0. The molecule has 0 saturated heterocycles. The molecule has 3 aromatic rings. The Morgan fingerprint density at radius 2 is 1.32 bits per heavy atom. The molecule has 0 aliphatic carbocycles. The molecular formula is C26H32N2O3. The van der Waals surface area contributed by atoms with Crippen molar-refractivity contribution < 1.29 is 14.2 Å². The predicted octanol–water partition coefficient (Wildman–Crippen LogP) is 6.08. The van der Waals surface area contributed by atoms with Gasteiger partial charge in [-0.3, -0.25) is 0 Å². The van der Waals surface area contributed by atoms with Gasteiger partial charge in [0.25, 0.3) is 0 Å². The molecule has 1 aromatic heterocycles. The summed E-state index contributed by atoms with van der Waals surface area (Å²) in [7, 11) is 5.01. The number of methoxy groups -OCH3 is 3. The topological polar surface area (TPSA) is 53.5 Å². The number of benzene rings is 2. The number of aromatic nitrogens is 2. The quantitative estimate of drug-likeness (QED) is 0.442. The Kier molecular flexibility index (Phi) is 7.16. The zero-order chi connectivity index (χ0) is 22.5. The van der Waals surface area contributed by atoms with Gasteiger partial charge in [-0.1, -0.05) is 33.8 Å². The largest absolute Gasteiger partial charge is 0.497 e. The van der Waals surface area contributed by atoms with Crippen molar-refractivity contribution in [2.45, 2.75) is 46.5 Å². The normalized spacial score (nSPS) is 11.0. The molecule has 3 rings (SSSR count). The van der Waals surface area contributed by atoms with Crippen molar-refractivity contribution in [2.75, 3.05) is 21.3 Å². The minimum atomic E-state index is 0.413. The van der Waals surface area contributed by atoms with Gasteiger partial charge in [0.2, 0.25) is 0 Å². The minimum absolute atomic E-state index is 0.413. The van der Waals surface area contributed by atoms with Crippen LogP contribution in [0.3, 0.4) is 0 Å². The number of rotatable bonds is 8. The van der Waals surface area contributed by atoms with E-state index in [1.165, 1.54) is 5.56 Å². The van der Waals surface area contributed by atoms with Gasteiger partial charge in [-0.2, -0.15) is 0 Å². The molecular weight excluding hydrogens is 388 g/mol. The van der Waals surface area contributed by atoms with Crippen LogP contribution in [0.25, 0.3) is 22.5 Å². The number of aryl methyl sites for hydroxylation is 2. The third kappa shape index (κ3) is 4.50. The second-order valence-electron chi connectivity index (χ2n) is 7.70. The van der Waals surface area contributed by atoms with Crippen LogP contribution in [0, 0.1) is 0 Å². The lowest BCUT2D eigenvalue weighted by Gasteiger charge is -2.18. The molecule has 0 unspecified atom stereocenters. The first-order valence-electron chi connectivity index (χ1n) is 10.8. The molecule has 31 heavy (non-hydrogen) atoms. The molecule has 1 heterocycles. The average Bonchev–Trinajstić information content (AvgIpc) is 2.82. The van der Waals surface area contributed by atoms with Crippen LogP contribution in [0.4, 0.5) is 0 Å².